The molecule has 1 aromatic heterocycles. The van der Waals surface area contributed by atoms with Crippen LogP contribution in [0.1, 0.15) is 36.7 Å². The third-order valence-corrected chi connectivity index (χ3v) is 4.38. The number of aromatic nitrogens is 1. The van der Waals surface area contributed by atoms with Crippen molar-refractivity contribution < 1.29 is 14.6 Å². The molecule has 0 aromatic carbocycles. The number of ether oxygens (including phenoxy) is 1. The molecule has 0 bridgehead atoms. The lowest BCUT2D eigenvalue weighted by Crippen LogP contribution is -2.44. The Bertz CT molecular complexity index is 462. The monoisotopic (exact) mass is 278 g/mol. The van der Waals surface area contributed by atoms with Crippen molar-refractivity contribution in [1.82, 2.24) is 9.88 Å². The zero-order chi connectivity index (χ0) is 14.6. The third-order valence-electron chi connectivity index (χ3n) is 4.38. The van der Waals surface area contributed by atoms with E-state index in [-0.39, 0.29) is 17.9 Å². The maximum atomic E-state index is 12.4. The van der Waals surface area contributed by atoms with Crippen LogP contribution in [0.25, 0.3) is 0 Å². The summed E-state index contributed by atoms with van der Waals surface area (Å²) in [5, 5.41) is 9.52. The summed E-state index contributed by atoms with van der Waals surface area (Å²) in [6, 6.07) is 3.39. The van der Waals surface area contributed by atoms with Crippen molar-refractivity contribution in [3.63, 3.8) is 0 Å². The van der Waals surface area contributed by atoms with Crippen LogP contribution in [0.4, 0.5) is 0 Å². The van der Waals surface area contributed by atoms with Crippen molar-refractivity contribution in [2.24, 2.45) is 5.41 Å². The Hall–Kier alpha value is -1.62. The van der Waals surface area contributed by atoms with Crippen molar-refractivity contribution >= 4 is 5.91 Å². The molecule has 1 saturated heterocycles. The van der Waals surface area contributed by atoms with Crippen molar-refractivity contribution in [2.45, 2.75) is 26.2 Å². The minimum absolute atomic E-state index is 0.0153. The van der Waals surface area contributed by atoms with Crippen LogP contribution in [0, 0.1) is 5.41 Å². The highest BCUT2D eigenvalue weighted by molar-refractivity contribution is 5.92. The van der Waals surface area contributed by atoms with Gasteiger partial charge in [-0.2, -0.15) is 0 Å². The molecular formula is C15H22N2O3. The number of rotatable bonds is 4. The predicted octanol–water partition coefficient (Wildman–Crippen LogP) is 1.71. The number of aliphatic hydroxyl groups is 1. The highest BCUT2D eigenvalue weighted by atomic mass is 16.5. The van der Waals surface area contributed by atoms with Crippen LogP contribution >= 0.6 is 0 Å². The molecule has 110 valence electrons. The van der Waals surface area contributed by atoms with Crippen molar-refractivity contribution in [3.05, 3.63) is 24.0 Å². The molecular weight excluding hydrogens is 256 g/mol. The van der Waals surface area contributed by atoms with Gasteiger partial charge in [0.05, 0.1) is 7.11 Å². The molecule has 0 saturated carbocycles. The molecule has 0 unspecified atom stereocenters. The normalized spacial score (nSPS) is 17.9. The Morgan fingerprint density at radius 2 is 2.20 bits per heavy atom. The van der Waals surface area contributed by atoms with Gasteiger partial charge in [0.1, 0.15) is 11.4 Å². The van der Waals surface area contributed by atoms with Crippen molar-refractivity contribution in [2.75, 3.05) is 26.8 Å². The van der Waals surface area contributed by atoms with Crippen LogP contribution in [0.2, 0.25) is 0 Å². The Labute approximate surface area is 119 Å². The summed E-state index contributed by atoms with van der Waals surface area (Å²) >= 11 is 0. The lowest BCUT2D eigenvalue weighted by atomic mass is 9.77. The second kappa shape index (κ2) is 6.22. The number of methoxy groups -OCH3 is 1. The van der Waals surface area contributed by atoms with Gasteiger partial charge in [-0.15, -0.1) is 0 Å². The Morgan fingerprint density at radius 3 is 2.75 bits per heavy atom. The highest BCUT2D eigenvalue weighted by Crippen LogP contribution is 2.34. The summed E-state index contributed by atoms with van der Waals surface area (Å²) in [4.78, 5) is 18.3. The summed E-state index contributed by atoms with van der Waals surface area (Å²) in [7, 11) is 1.57. The molecule has 0 spiro atoms. The van der Waals surface area contributed by atoms with Gasteiger partial charge < -0.3 is 14.7 Å². The molecule has 1 aliphatic heterocycles. The average molecular weight is 278 g/mol. The fourth-order valence-corrected chi connectivity index (χ4v) is 2.62. The van der Waals surface area contributed by atoms with Gasteiger partial charge in [0.25, 0.3) is 5.91 Å². The molecule has 20 heavy (non-hydrogen) atoms. The quantitative estimate of drug-likeness (QED) is 0.911. The summed E-state index contributed by atoms with van der Waals surface area (Å²) in [5.41, 5.74) is 0.399. The van der Waals surface area contributed by atoms with Crippen LogP contribution < -0.4 is 4.74 Å². The first-order valence-corrected chi connectivity index (χ1v) is 7.04. The van der Waals surface area contributed by atoms with E-state index in [1.165, 1.54) is 0 Å². The van der Waals surface area contributed by atoms with Crippen LogP contribution in [0.5, 0.6) is 5.75 Å². The van der Waals surface area contributed by atoms with E-state index < -0.39 is 0 Å². The van der Waals surface area contributed by atoms with Crippen LogP contribution in [0.3, 0.4) is 0 Å². The van der Waals surface area contributed by atoms with E-state index in [9.17, 15) is 9.90 Å². The fraction of sp³-hybridized carbons (Fsp3) is 0.600. The Kier molecular flexibility index (Phi) is 4.60. The molecule has 1 aromatic rings. The van der Waals surface area contributed by atoms with Gasteiger partial charge in [0.15, 0.2) is 0 Å². The molecule has 2 heterocycles. The van der Waals surface area contributed by atoms with Gasteiger partial charge in [0.2, 0.25) is 0 Å². The standard InChI is InChI=1S/C15H22N2O3/c1-3-15(11-18)5-8-17(9-6-15)14(19)13-10-12(20-2)4-7-16-13/h4,7,10,18H,3,5-6,8-9,11H2,1-2H3. The van der Waals surface area contributed by atoms with Gasteiger partial charge in [-0.1, -0.05) is 6.92 Å². The first kappa shape index (κ1) is 14.8. The van der Waals surface area contributed by atoms with Gasteiger partial charge >= 0.3 is 0 Å². The number of aliphatic hydroxyl groups excluding tert-OH is 1. The molecule has 5 nitrogen and oxygen atoms in total. The largest absolute Gasteiger partial charge is 0.497 e. The number of likely N-dealkylation sites (tertiary alicyclic amines) is 1. The smallest absolute Gasteiger partial charge is 0.272 e. The van der Waals surface area contributed by atoms with Crippen LogP contribution in [0.15, 0.2) is 18.3 Å². The SMILES string of the molecule is CCC1(CO)CCN(C(=O)c2cc(OC)ccn2)CC1. The molecule has 1 aliphatic rings. The van der Waals surface area contributed by atoms with Gasteiger partial charge in [0, 0.05) is 32.0 Å². The number of hydrogen-bond acceptors (Lipinski definition) is 4. The predicted molar refractivity (Wildman–Crippen MR) is 75.7 cm³/mol. The molecule has 2 rings (SSSR count). The molecule has 5 heteroatoms. The first-order valence-electron chi connectivity index (χ1n) is 7.04. The minimum Gasteiger partial charge on any atom is -0.497 e. The van der Waals surface area contributed by atoms with Crippen LogP contribution in [-0.4, -0.2) is 47.7 Å². The average Bonchev–Trinajstić information content (AvgIpc) is 2.54. The van der Waals surface area contributed by atoms with E-state index in [0.29, 0.717) is 24.5 Å². The van der Waals surface area contributed by atoms with Gasteiger partial charge in [-0.25, -0.2) is 0 Å². The molecule has 1 amide bonds. The summed E-state index contributed by atoms with van der Waals surface area (Å²) in [5.74, 6) is 0.574. The van der Waals surface area contributed by atoms with E-state index in [1.54, 1.807) is 25.4 Å². The molecule has 0 atom stereocenters. The Morgan fingerprint density at radius 1 is 1.50 bits per heavy atom. The zero-order valence-electron chi connectivity index (χ0n) is 12.1. The fourth-order valence-electron chi connectivity index (χ4n) is 2.62. The van der Waals surface area contributed by atoms with Gasteiger partial charge in [-0.3, -0.25) is 9.78 Å². The zero-order valence-corrected chi connectivity index (χ0v) is 12.1. The number of nitrogens with zero attached hydrogens (tertiary/aromatic N) is 2. The van der Waals surface area contributed by atoms with Crippen LogP contribution in [-0.2, 0) is 0 Å². The van der Waals surface area contributed by atoms with Crippen molar-refractivity contribution in [3.8, 4) is 5.75 Å². The first-order chi connectivity index (χ1) is 9.64. The maximum Gasteiger partial charge on any atom is 0.272 e. The number of hydrogen-bond donors (Lipinski definition) is 1. The number of pyridine rings is 1. The van der Waals surface area contributed by atoms with Crippen molar-refractivity contribution in [1.29, 1.82) is 0 Å². The second-order valence-electron chi connectivity index (χ2n) is 5.38. The second-order valence-corrected chi connectivity index (χ2v) is 5.38. The lowest BCUT2D eigenvalue weighted by Gasteiger charge is -2.40. The van der Waals surface area contributed by atoms with E-state index in [0.717, 1.165) is 19.3 Å². The molecule has 1 N–H and O–H groups in total. The number of amides is 1. The molecule has 1 fully saturated rings. The topological polar surface area (TPSA) is 62.7 Å². The summed E-state index contributed by atoms with van der Waals surface area (Å²) < 4.78 is 5.12. The number of piperidine rings is 1. The summed E-state index contributed by atoms with van der Waals surface area (Å²) in [6.45, 7) is 3.64. The minimum atomic E-state index is -0.0634. The molecule has 0 radical (unpaired) electrons. The highest BCUT2D eigenvalue weighted by Gasteiger charge is 2.34. The molecule has 0 aliphatic carbocycles. The lowest BCUT2D eigenvalue weighted by molar-refractivity contribution is 0.0334. The van der Waals surface area contributed by atoms with Gasteiger partial charge in [-0.05, 0) is 30.7 Å². The van der Waals surface area contributed by atoms with E-state index in [2.05, 4.69) is 11.9 Å². The number of carbonyl (C=O) groups is 1. The number of carbonyl (C=O) groups excluding carboxylic acids is 1. The summed E-state index contributed by atoms with van der Waals surface area (Å²) in [6.07, 6.45) is 4.22. The Balaban J connectivity index is 2.04. The van der Waals surface area contributed by atoms with E-state index in [4.69, 9.17) is 4.74 Å². The van der Waals surface area contributed by atoms with E-state index >= 15 is 0 Å². The maximum absolute atomic E-state index is 12.4. The third kappa shape index (κ3) is 2.93. The van der Waals surface area contributed by atoms with E-state index in [1.807, 2.05) is 4.90 Å².